The van der Waals surface area contributed by atoms with Gasteiger partial charge >= 0.3 is 6.09 Å². The number of nitrogens with zero attached hydrogens (tertiary/aromatic N) is 1. The summed E-state index contributed by atoms with van der Waals surface area (Å²) >= 11 is 0. The molecule has 0 aromatic heterocycles. The van der Waals surface area contributed by atoms with Crippen LogP contribution in [0.3, 0.4) is 0 Å². The van der Waals surface area contributed by atoms with Crippen molar-refractivity contribution in [1.29, 1.82) is 5.26 Å². The van der Waals surface area contributed by atoms with Crippen LogP contribution in [0.2, 0.25) is 0 Å². The van der Waals surface area contributed by atoms with Crippen molar-refractivity contribution in [3.8, 4) is 11.8 Å². The van der Waals surface area contributed by atoms with Gasteiger partial charge in [-0.2, -0.15) is 5.26 Å². The number of amides is 1. The van der Waals surface area contributed by atoms with E-state index >= 15 is 0 Å². The Morgan fingerprint density at radius 3 is 2.40 bits per heavy atom. The molecule has 20 heavy (non-hydrogen) atoms. The van der Waals surface area contributed by atoms with E-state index in [1.54, 1.807) is 5.32 Å². The lowest BCUT2D eigenvalue weighted by Gasteiger charge is -2.18. The van der Waals surface area contributed by atoms with Crippen molar-refractivity contribution in [2.24, 2.45) is 0 Å². The third-order valence-electron chi connectivity index (χ3n) is 2.40. The van der Waals surface area contributed by atoms with E-state index < -0.39 is 42.8 Å². The molecule has 1 rings (SSSR count). The number of nitrogens with one attached hydrogen (secondary N) is 1. The Morgan fingerprint density at radius 1 is 1.45 bits per heavy atom. The van der Waals surface area contributed by atoms with Crippen molar-refractivity contribution in [3.63, 3.8) is 0 Å². The molecule has 0 fully saturated rings. The number of alkyl halides is 1. The summed E-state index contributed by atoms with van der Waals surface area (Å²) in [5.74, 6) is -1.02. The second-order valence-corrected chi connectivity index (χ2v) is 6.63. The predicted octanol–water partition coefficient (Wildman–Crippen LogP) is 1.83. The molecule has 0 bridgehead atoms. The Balaban J connectivity index is 3.69. The number of aromatic hydroxyl groups is 1. The molecule has 0 saturated heterocycles. The zero-order valence-corrected chi connectivity index (χ0v) is 11.3. The van der Waals surface area contributed by atoms with Crippen molar-refractivity contribution >= 4 is 21.6 Å². The monoisotopic (exact) mass is 302 g/mol. The first-order valence-electron chi connectivity index (χ1n) is 5.22. The van der Waals surface area contributed by atoms with E-state index in [9.17, 15) is 22.7 Å². The maximum Gasteiger partial charge on any atom is 0.409 e. The fraction of sp³-hybridized carbons (Fsp3) is 0.273. The van der Waals surface area contributed by atoms with Gasteiger partial charge in [0.05, 0.1) is 11.3 Å². The number of phenolic OH excluding ortho intramolecular Hbond substituents is 1. The van der Waals surface area contributed by atoms with Gasteiger partial charge in [0.2, 0.25) is 14.8 Å². The minimum absolute atomic E-state index is 0.459. The molecule has 9 heteroatoms. The highest BCUT2D eigenvalue weighted by Crippen LogP contribution is 2.39. The van der Waals surface area contributed by atoms with E-state index in [-0.39, 0.29) is 0 Å². The van der Waals surface area contributed by atoms with E-state index in [1.165, 1.54) is 6.07 Å². The molecule has 7 nitrogen and oxygen atoms in total. The average molecular weight is 302 g/mol. The van der Waals surface area contributed by atoms with E-state index in [2.05, 4.69) is 0 Å². The molecule has 0 atom stereocenters. The van der Waals surface area contributed by atoms with Crippen LogP contribution in [0.5, 0.6) is 5.75 Å². The van der Waals surface area contributed by atoms with Crippen LogP contribution in [-0.2, 0) is 9.84 Å². The molecule has 1 aromatic carbocycles. The lowest BCUT2D eigenvalue weighted by molar-refractivity contribution is 0.209. The van der Waals surface area contributed by atoms with Gasteiger partial charge in [0.1, 0.15) is 11.0 Å². The zero-order valence-electron chi connectivity index (χ0n) is 10.5. The molecule has 0 unspecified atom stereocenters. The number of phenols is 1. The maximum absolute atomic E-state index is 13.8. The zero-order chi connectivity index (χ0) is 15.7. The minimum atomic E-state index is -4.68. The van der Waals surface area contributed by atoms with Gasteiger partial charge in [0.25, 0.3) is 0 Å². The molecule has 0 aliphatic carbocycles. The van der Waals surface area contributed by atoms with Crippen molar-refractivity contribution in [2.45, 2.75) is 23.7 Å². The number of benzene rings is 1. The molecule has 1 amide bonds. The fourth-order valence-corrected chi connectivity index (χ4v) is 2.64. The fourth-order valence-electron chi connectivity index (χ4n) is 1.39. The maximum atomic E-state index is 13.8. The van der Waals surface area contributed by atoms with Gasteiger partial charge in [-0.05, 0) is 26.0 Å². The van der Waals surface area contributed by atoms with Gasteiger partial charge in [-0.3, -0.25) is 5.32 Å². The summed E-state index contributed by atoms with van der Waals surface area (Å²) in [4.78, 5) is 9.58. The summed E-state index contributed by atoms with van der Waals surface area (Å²) in [6.45, 7) is 1.50. The van der Waals surface area contributed by atoms with Gasteiger partial charge in [-0.15, -0.1) is 0 Å². The normalized spacial score (nSPS) is 11.7. The highest BCUT2D eigenvalue weighted by molar-refractivity contribution is 7.92. The van der Waals surface area contributed by atoms with Gasteiger partial charge in [0.15, 0.2) is 5.75 Å². The Bertz CT molecular complexity index is 701. The van der Waals surface area contributed by atoms with Crippen LogP contribution in [0.25, 0.3) is 0 Å². The van der Waals surface area contributed by atoms with Gasteiger partial charge in [-0.1, -0.05) is 0 Å². The van der Waals surface area contributed by atoms with Gasteiger partial charge in [0, 0.05) is 0 Å². The van der Waals surface area contributed by atoms with Crippen molar-refractivity contribution < 1.29 is 27.8 Å². The van der Waals surface area contributed by atoms with Crippen LogP contribution in [0.4, 0.5) is 14.9 Å². The number of carbonyl (C=O) groups is 1. The lowest BCUT2D eigenvalue weighted by Crippen LogP contribution is -2.27. The number of halogens is 1. The van der Waals surface area contributed by atoms with Crippen LogP contribution >= 0.6 is 0 Å². The topological polar surface area (TPSA) is 127 Å². The second kappa shape index (κ2) is 4.97. The first kappa shape index (κ1) is 15.7. The molecule has 0 heterocycles. The first-order valence-corrected chi connectivity index (χ1v) is 6.70. The van der Waals surface area contributed by atoms with Gasteiger partial charge < -0.3 is 10.2 Å². The quantitative estimate of drug-likeness (QED) is 0.731. The summed E-state index contributed by atoms with van der Waals surface area (Å²) in [7, 11) is -4.68. The molecule has 0 aliphatic rings. The number of rotatable bonds is 3. The number of carboxylic acid groups (broad SMARTS) is 1. The molecule has 0 radical (unpaired) electrons. The number of anilines is 1. The average Bonchev–Trinajstić information content (AvgIpc) is 2.29. The highest BCUT2D eigenvalue weighted by atomic mass is 32.2. The molecule has 1 aromatic rings. The number of sulfone groups is 1. The van der Waals surface area contributed by atoms with Crippen molar-refractivity contribution in [2.75, 3.05) is 5.32 Å². The predicted molar refractivity (Wildman–Crippen MR) is 66.8 cm³/mol. The van der Waals surface area contributed by atoms with Gasteiger partial charge in [-0.25, -0.2) is 17.6 Å². The molecule has 108 valence electrons. The van der Waals surface area contributed by atoms with Crippen LogP contribution in [0.1, 0.15) is 19.4 Å². The van der Waals surface area contributed by atoms with Crippen LogP contribution in [0.15, 0.2) is 17.0 Å². The summed E-state index contributed by atoms with van der Waals surface area (Å²) in [6, 6.07) is 3.50. The van der Waals surface area contributed by atoms with Crippen molar-refractivity contribution in [1.82, 2.24) is 0 Å². The smallest absolute Gasteiger partial charge is 0.409 e. The van der Waals surface area contributed by atoms with E-state index in [1.807, 2.05) is 0 Å². The number of hydrogen-bond donors (Lipinski definition) is 3. The van der Waals surface area contributed by atoms with Crippen LogP contribution < -0.4 is 5.32 Å². The lowest BCUT2D eigenvalue weighted by atomic mass is 10.2. The van der Waals surface area contributed by atoms with E-state index in [0.29, 0.717) is 0 Å². The third kappa shape index (κ3) is 2.65. The van der Waals surface area contributed by atoms with Crippen LogP contribution in [-0.4, -0.2) is 29.7 Å². The SMILES string of the molecule is CC(C)(F)S(=O)(=O)c1c(C#N)ccc(NC(=O)O)c1O. The molecule has 3 N–H and O–H groups in total. The Labute approximate surface area is 114 Å². The highest BCUT2D eigenvalue weighted by Gasteiger charge is 2.40. The summed E-state index contributed by atoms with van der Waals surface area (Å²) in [6.07, 6.45) is -1.55. The Kier molecular flexibility index (Phi) is 3.91. The molecular weight excluding hydrogens is 291 g/mol. The van der Waals surface area contributed by atoms with Crippen molar-refractivity contribution in [3.05, 3.63) is 17.7 Å². The summed E-state index contributed by atoms with van der Waals surface area (Å²) in [5, 5.41) is 26.3. The minimum Gasteiger partial charge on any atom is -0.504 e. The van der Waals surface area contributed by atoms with E-state index in [0.717, 1.165) is 26.0 Å². The second-order valence-electron chi connectivity index (χ2n) is 4.25. The largest absolute Gasteiger partial charge is 0.504 e. The first-order chi connectivity index (χ1) is 9.02. The molecule has 0 spiro atoms. The van der Waals surface area contributed by atoms with Crippen LogP contribution in [0, 0.1) is 11.3 Å². The molecule has 0 saturated carbocycles. The molecule has 0 aliphatic heterocycles. The number of hydrogen-bond acceptors (Lipinski definition) is 5. The Morgan fingerprint density at radius 2 is 2.00 bits per heavy atom. The van der Waals surface area contributed by atoms with E-state index in [4.69, 9.17) is 10.4 Å². The third-order valence-corrected chi connectivity index (χ3v) is 4.63. The number of nitriles is 1. The standard InChI is InChI=1S/C11H11FN2O5S/c1-11(2,12)20(18,19)9-6(5-13)3-4-7(8(9)15)14-10(16)17/h3-4,14-15H,1-2H3,(H,16,17). The molecular formula is C11H11FN2O5S. The summed E-state index contributed by atoms with van der Waals surface area (Å²) < 4.78 is 37.9. The Hall–Kier alpha value is -2.34. The summed E-state index contributed by atoms with van der Waals surface area (Å²) in [5.41, 5.74) is -0.941.